The van der Waals surface area contributed by atoms with Gasteiger partial charge in [-0.05, 0) is 18.2 Å². The van der Waals surface area contributed by atoms with E-state index < -0.39 is 12.5 Å². The van der Waals surface area contributed by atoms with Crippen molar-refractivity contribution in [3.05, 3.63) is 54.2 Å². The van der Waals surface area contributed by atoms with Crippen LogP contribution < -0.4 is 9.64 Å². The van der Waals surface area contributed by atoms with Crippen LogP contribution in [0.25, 0.3) is 0 Å². The molecule has 144 valence electrons. The average Bonchev–Trinajstić information content (AvgIpc) is 2.67. The van der Waals surface area contributed by atoms with Crippen LogP contribution in [0.5, 0.6) is 5.75 Å². The number of halogens is 3. The summed E-state index contributed by atoms with van der Waals surface area (Å²) in [6.07, 6.45) is -3.67. The molecule has 2 heterocycles. The number of carbonyl (C=O) groups is 1. The maximum Gasteiger partial charge on any atom is 0.573 e. The standard InChI is InChI=1S/C18H18F3N3O3/c19-18(20,21)27-15-6-2-1-5-14(15)13-26-17(25)24-11-9-23(10-12-24)16-7-3-4-8-22-16/h1-8H,9-13H2. The summed E-state index contributed by atoms with van der Waals surface area (Å²) in [6.45, 7) is 1.78. The highest BCUT2D eigenvalue weighted by Crippen LogP contribution is 2.26. The van der Waals surface area contributed by atoms with Crippen LogP contribution in [0.3, 0.4) is 0 Å². The lowest BCUT2D eigenvalue weighted by atomic mass is 10.2. The highest BCUT2D eigenvalue weighted by atomic mass is 19.4. The number of para-hydroxylation sites is 1. The third-order valence-corrected chi connectivity index (χ3v) is 4.06. The quantitative estimate of drug-likeness (QED) is 0.812. The molecule has 1 aliphatic heterocycles. The molecule has 0 saturated carbocycles. The maximum absolute atomic E-state index is 12.4. The van der Waals surface area contributed by atoms with Gasteiger partial charge in [0.15, 0.2) is 0 Å². The van der Waals surface area contributed by atoms with Crippen molar-refractivity contribution in [1.82, 2.24) is 9.88 Å². The predicted octanol–water partition coefficient (Wildman–Crippen LogP) is 3.44. The Morgan fingerprint density at radius 3 is 2.41 bits per heavy atom. The summed E-state index contributed by atoms with van der Waals surface area (Å²) in [5.41, 5.74) is 0.148. The molecule has 9 heteroatoms. The number of hydrogen-bond donors (Lipinski definition) is 0. The van der Waals surface area contributed by atoms with E-state index in [4.69, 9.17) is 4.74 Å². The smallest absolute Gasteiger partial charge is 0.444 e. The Kier molecular flexibility index (Phi) is 5.68. The molecule has 27 heavy (non-hydrogen) atoms. The summed E-state index contributed by atoms with van der Waals surface area (Å²) in [5.74, 6) is 0.460. The molecule has 1 aliphatic rings. The van der Waals surface area contributed by atoms with E-state index in [0.29, 0.717) is 26.2 Å². The van der Waals surface area contributed by atoms with Crippen molar-refractivity contribution >= 4 is 11.9 Å². The van der Waals surface area contributed by atoms with Crippen LogP contribution in [0.2, 0.25) is 0 Å². The van der Waals surface area contributed by atoms with Gasteiger partial charge in [0.1, 0.15) is 18.2 Å². The molecule has 0 radical (unpaired) electrons. The van der Waals surface area contributed by atoms with E-state index in [1.54, 1.807) is 12.3 Å². The first-order valence-electron chi connectivity index (χ1n) is 8.34. The minimum absolute atomic E-state index is 0.148. The van der Waals surface area contributed by atoms with Gasteiger partial charge in [0.25, 0.3) is 0 Å². The number of pyridine rings is 1. The molecular weight excluding hydrogens is 363 g/mol. The molecule has 0 atom stereocenters. The summed E-state index contributed by atoms with van der Waals surface area (Å²) in [5, 5.41) is 0. The van der Waals surface area contributed by atoms with Crippen LogP contribution in [-0.4, -0.2) is 48.5 Å². The largest absolute Gasteiger partial charge is 0.573 e. The number of aromatic nitrogens is 1. The van der Waals surface area contributed by atoms with Gasteiger partial charge in [-0.2, -0.15) is 0 Å². The zero-order valence-corrected chi connectivity index (χ0v) is 14.4. The van der Waals surface area contributed by atoms with Crippen LogP contribution in [0.4, 0.5) is 23.8 Å². The first-order chi connectivity index (χ1) is 12.9. The number of alkyl halides is 3. The van der Waals surface area contributed by atoms with Gasteiger partial charge in [-0.25, -0.2) is 9.78 Å². The summed E-state index contributed by atoms with van der Waals surface area (Å²) >= 11 is 0. The second-order valence-electron chi connectivity index (χ2n) is 5.87. The summed E-state index contributed by atoms with van der Waals surface area (Å²) in [7, 11) is 0. The SMILES string of the molecule is O=C(OCc1ccccc1OC(F)(F)F)N1CCN(c2ccccn2)CC1. The molecule has 1 amide bonds. The van der Waals surface area contributed by atoms with E-state index in [2.05, 4.69) is 14.6 Å². The van der Waals surface area contributed by atoms with Crippen LogP contribution >= 0.6 is 0 Å². The number of nitrogens with zero attached hydrogens (tertiary/aromatic N) is 3. The predicted molar refractivity (Wildman–Crippen MR) is 91.3 cm³/mol. The third kappa shape index (κ3) is 5.25. The van der Waals surface area contributed by atoms with Gasteiger partial charge in [0.2, 0.25) is 0 Å². The Morgan fingerprint density at radius 2 is 1.74 bits per heavy atom. The number of benzene rings is 1. The zero-order chi connectivity index (χ0) is 19.3. The lowest BCUT2D eigenvalue weighted by Crippen LogP contribution is -2.49. The molecule has 0 aliphatic carbocycles. The fourth-order valence-corrected chi connectivity index (χ4v) is 2.74. The Hall–Kier alpha value is -2.97. The Labute approximate surface area is 154 Å². The van der Waals surface area contributed by atoms with E-state index in [1.807, 2.05) is 18.2 Å². The summed E-state index contributed by atoms with van der Waals surface area (Å²) in [4.78, 5) is 20.1. The van der Waals surface area contributed by atoms with Crippen molar-refractivity contribution in [3.8, 4) is 5.75 Å². The molecule has 6 nitrogen and oxygen atoms in total. The minimum atomic E-state index is -4.80. The average molecular weight is 381 g/mol. The lowest BCUT2D eigenvalue weighted by Gasteiger charge is -2.34. The monoisotopic (exact) mass is 381 g/mol. The number of amides is 1. The van der Waals surface area contributed by atoms with E-state index in [9.17, 15) is 18.0 Å². The van der Waals surface area contributed by atoms with Gasteiger partial charge < -0.3 is 19.3 Å². The van der Waals surface area contributed by atoms with Gasteiger partial charge in [0.05, 0.1) is 0 Å². The third-order valence-electron chi connectivity index (χ3n) is 4.06. The fourth-order valence-electron chi connectivity index (χ4n) is 2.74. The first kappa shape index (κ1) is 18.8. The molecule has 0 bridgehead atoms. The van der Waals surface area contributed by atoms with Gasteiger partial charge in [-0.15, -0.1) is 13.2 Å². The topological polar surface area (TPSA) is 54.9 Å². The van der Waals surface area contributed by atoms with Gasteiger partial charge in [-0.1, -0.05) is 24.3 Å². The molecular formula is C18H18F3N3O3. The molecule has 0 spiro atoms. The highest BCUT2D eigenvalue weighted by molar-refractivity contribution is 5.68. The van der Waals surface area contributed by atoms with Crippen LogP contribution in [0.15, 0.2) is 48.7 Å². The van der Waals surface area contributed by atoms with Gasteiger partial charge in [0, 0.05) is 37.9 Å². The molecule has 2 aromatic rings. The highest BCUT2D eigenvalue weighted by Gasteiger charge is 2.32. The Morgan fingerprint density at radius 1 is 1.04 bits per heavy atom. The summed E-state index contributed by atoms with van der Waals surface area (Å²) < 4.78 is 46.4. The van der Waals surface area contributed by atoms with Crippen molar-refractivity contribution in [1.29, 1.82) is 0 Å². The van der Waals surface area contributed by atoms with Crippen molar-refractivity contribution in [3.63, 3.8) is 0 Å². The first-order valence-corrected chi connectivity index (χ1v) is 8.34. The number of anilines is 1. The van der Waals surface area contributed by atoms with E-state index in [-0.39, 0.29) is 17.9 Å². The second kappa shape index (κ2) is 8.15. The second-order valence-corrected chi connectivity index (χ2v) is 5.87. The number of carbonyl (C=O) groups excluding carboxylic acids is 1. The summed E-state index contributed by atoms with van der Waals surface area (Å²) in [6, 6.07) is 11.2. The minimum Gasteiger partial charge on any atom is -0.444 e. The number of piperazine rings is 1. The molecule has 1 aromatic carbocycles. The number of ether oxygens (including phenoxy) is 2. The Balaban J connectivity index is 1.52. The lowest BCUT2D eigenvalue weighted by molar-refractivity contribution is -0.275. The Bertz CT molecular complexity index is 763. The fraction of sp³-hybridized carbons (Fsp3) is 0.333. The van der Waals surface area contributed by atoms with Gasteiger partial charge in [-0.3, -0.25) is 0 Å². The molecule has 1 saturated heterocycles. The molecule has 0 unspecified atom stereocenters. The van der Waals surface area contributed by atoms with E-state index >= 15 is 0 Å². The van der Waals surface area contributed by atoms with Crippen LogP contribution in [0, 0.1) is 0 Å². The van der Waals surface area contributed by atoms with Crippen LogP contribution in [0.1, 0.15) is 5.56 Å². The molecule has 1 aromatic heterocycles. The van der Waals surface area contributed by atoms with E-state index in [0.717, 1.165) is 5.82 Å². The maximum atomic E-state index is 12.4. The molecule has 0 N–H and O–H groups in total. The molecule has 1 fully saturated rings. The van der Waals surface area contributed by atoms with E-state index in [1.165, 1.54) is 23.1 Å². The number of hydrogen-bond acceptors (Lipinski definition) is 5. The van der Waals surface area contributed by atoms with Crippen LogP contribution in [-0.2, 0) is 11.3 Å². The van der Waals surface area contributed by atoms with Crippen molar-refractivity contribution < 1.29 is 27.4 Å². The normalized spacial score (nSPS) is 14.8. The van der Waals surface area contributed by atoms with Crippen molar-refractivity contribution in [2.75, 3.05) is 31.1 Å². The number of rotatable bonds is 4. The van der Waals surface area contributed by atoms with Crippen molar-refractivity contribution in [2.24, 2.45) is 0 Å². The van der Waals surface area contributed by atoms with Crippen molar-refractivity contribution in [2.45, 2.75) is 13.0 Å². The van der Waals surface area contributed by atoms with Gasteiger partial charge >= 0.3 is 12.5 Å². The molecule has 3 rings (SSSR count). The zero-order valence-electron chi connectivity index (χ0n) is 14.4.